The Labute approximate surface area is 177 Å². The summed E-state index contributed by atoms with van der Waals surface area (Å²) in [5.41, 5.74) is 6.54. The molecule has 1 aromatic carbocycles. The number of para-hydroxylation sites is 1. The Morgan fingerprint density at radius 3 is 2.87 bits per heavy atom. The standard InChI is InChI=1S/C22H21FN6O2/c1-13-9-29(12-24-13)19-8-7-17(26-22(19)30-3)21-25-18(11-31-27-21)15-10-28(2)20-14(15)5-4-6-16(20)23/h4-10,12,18H,11H2,1-3H3,(H,25,27). The number of ether oxygens (including phenoxy) is 1. The van der Waals surface area contributed by atoms with E-state index in [1.807, 2.05) is 49.1 Å². The molecule has 0 radical (unpaired) electrons. The molecule has 31 heavy (non-hydrogen) atoms. The summed E-state index contributed by atoms with van der Waals surface area (Å²) in [7, 11) is 3.39. The smallest absolute Gasteiger partial charge is 0.238 e. The maximum Gasteiger partial charge on any atom is 0.238 e. The van der Waals surface area contributed by atoms with E-state index in [4.69, 9.17) is 14.6 Å². The van der Waals surface area contributed by atoms with Gasteiger partial charge in [0.1, 0.15) is 29.8 Å². The lowest BCUT2D eigenvalue weighted by Gasteiger charge is -2.22. The van der Waals surface area contributed by atoms with Gasteiger partial charge in [-0.2, -0.15) is 0 Å². The monoisotopic (exact) mass is 420 g/mol. The summed E-state index contributed by atoms with van der Waals surface area (Å²) in [5, 5.41) is 0.817. The summed E-state index contributed by atoms with van der Waals surface area (Å²) >= 11 is 0. The molecule has 1 unspecified atom stereocenters. The third-order valence-electron chi connectivity index (χ3n) is 5.30. The predicted octanol–water partition coefficient (Wildman–Crippen LogP) is 3.24. The third kappa shape index (κ3) is 3.32. The molecule has 1 aliphatic rings. The normalized spacial score (nSPS) is 16.3. The van der Waals surface area contributed by atoms with Gasteiger partial charge in [-0.15, -0.1) is 0 Å². The number of fused-ring (bicyclic) bond motifs is 1. The zero-order valence-electron chi connectivity index (χ0n) is 17.3. The molecule has 5 rings (SSSR count). The van der Waals surface area contributed by atoms with Gasteiger partial charge < -0.3 is 13.9 Å². The highest BCUT2D eigenvalue weighted by atomic mass is 19.1. The average molecular weight is 420 g/mol. The molecule has 1 N–H and O–H groups in total. The largest absolute Gasteiger partial charge is 0.479 e. The minimum absolute atomic E-state index is 0.262. The number of hydrogen-bond acceptors (Lipinski definition) is 6. The zero-order chi connectivity index (χ0) is 21.5. The third-order valence-corrected chi connectivity index (χ3v) is 5.30. The van der Waals surface area contributed by atoms with Crippen LogP contribution in [0.25, 0.3) is 16.6 Å². The molecule has 0 bridgehead atoms. The first-order chi connectivity index (χ1) is 15.0. The number of aryl methyl sites for hydroxylation is 2. The van der Waals surface area contributed by atoms with Crippen LogP contribution in [-0.2, 0) is 11.9 Å². The number of halogens is 1. The quantitative estimate of drug-likeness (QED) is 0.548. The Morgan fingerprint density at radius 1 is 1.23 bits per heavy atom. The molecular weight excluding hydrogens is 399 g/mol. The van der Waals surface area contributed by atoms with E-state index in [-0.39, 0.29) is 11.9 Å². The Hall–Kier alpha value is -3.72. The van der Waals surface area contributed by atoms with Crippen molar-refractivity contribution in [2.45, 2.75) is 13.0 Å². The molecule has 0 fully saturated rings. The van der Waals surface area contributed by atoms with Gasteiger partial charge in [-0.3, -0.25) is 9.83 Å². The number of nitrogens with one attached hydrogen (secondary N) is 1. The molecule has 4 heterocycles. The van der Waals surface area contributed by atoms with Crippen molar-refractivity contribution < 1.29 is 14.0 Å². The molecule has 4 aromatic rings. The van der Waals surface area contributed by atoms with Gasteiger partial charge in [0.05, 0.1) is 24.6 Å². The number of hydrogen-bond donors (Lipinski definition) is 1. The lowest BCUT2D eigenvalue weighted by molar-refractivity contribution is 0.0623. The lowest BCUT2D eigenvalue weighted by Crippen LogP contribution is -2.33. The van der Waals surface area contributed by atoms with Crippen LogP contribution in [0.2, 0.25) is 0 Å². The summed E-state index contributed by atoms with van der Waals surface area (Å²) in [6, 6.07) is 8.49. The number of nitrogens with zero attached hydrogens (tertiary/aromatic N) is 5. The van der Waals surface area contributed by atoms with Crippen LogP contribution in [0.3, 0.4) is 0 Å². The minimum Gasteiger partial charge on any atom is -0.479 e. The number of amidine groups is 1. The highest BCUT2D eigenvalue weighted by molar-refractivity contribution is 5.97. The van der Waals surface area contributed by atoms with E-state index in [1.165, 1.54) is 6.07 Å². The van der Waals surface area contributed by atoms with Gasteiger partial charge in [0.15, 0.2) is 5.84 Å². The van der Waals surface area contributed by atoms with Crippen molar-refractivity contribution in [3.63, 3.8) is 0 Å². The molecular formula is C22H21FN6O2. The molecule has 0 saturated heterocycles. The molecule has 158 valence electrons. The van der Waals surface area contributed by atoms with Crippen LogP contribution in [0.4, 0.5) is 4.39 Å². The molecule has 9 heteroatoms. The molecule has 1 atom stereocenters. The first kappa shape index (κ1) is 19.3. The lowest BCUT2D eigenvalue weighted by atomic mass is 10.1. The summed E-state index contributed by atoms with van der Waals surface area (Å²) in [4.78, 5) is 19.3. The van der Waals surface area contributed by atoms with Crippen molar-refractivity contribution in [3.8, 4) is 11.6 Å². The van der Waals surface area contributed by atoms with Crippen LogP contribution in [-0.4, -0.2) is 38.7 Å². The maximum atomic E-state index is 14.3. The number of aromatic nitrogens is 4. The van der Waals surface area contributed by atoms with Crippen LogP contribution in [0.1, 0.15) is 23.0 Å². The van der Waals surface area contributed by atoms with E-state index in [0.717, 1.165) is 22.3 Å². The molecule has 0 aliphatic carbocycles. The van der Waals surface area contributed by atoms with Gasteiger partial charge in [0, 0.05) is 30.4 Å². The zero-order valence-corrected chi connectivity index (χ0v) is 17.3. The molecule has 1 aliphatic heterocycles. The summed E-state index contributed by atoms with van der Waals surface area (Å²) in [6.45, 7) is 2.24. The fraction of sp³-hybridized carbons (Fsp3) is 0.227. The molecule has 0 spiro atoms. The Morgan fingerprint density at radius 2 is 2.10 bits per heavy atom. The van der Waals surface area contributed by atoms with Crippen LogP contribution < -0.4 is 10.2 Å². The topological polar surface area (TPSA) is 78.5 Å². The van der Waals surface area contributed by atoms with Crippen molar-refractivity contribution in [2.24, 2.45) is 12.0 Å². The summed E-state index contributed by atoms with van der Waals surface area (Å²) < 4.78 is 23.4. The van der Waals surface area contributed by atoms with E-state index in [2.05, 4.69) is 15.4 Å². The first-order valence-corrected chi connectivity index (χ1v) is 9.80. The van der Waals surface area contributed by atoms with Crippen molar-refractivity contribution in [2.75, 3.05) is 13.7 Å². The van der Waals surface area contributed by atoms with Gasteiger partial charge in [-0.05, 0) is 25.1 Å². The molecule has 3 aromatic heterocycles. The van der Waals surface area contributed by atoms with Crippen LogP contribution >= 0.6 is 0 Å². The number of methoxy groups -OCH3 is 1. The Balaban J connectivity index is 1.54. The van der Waals surface area contributed by atoms with Crippen LogP contribution in [0.5, 0.6) is 5.88 Å². The SMILES string of the molecule is COc1nc(C2=NC(c3cn(C)c4c(F)cccc34)CON2)ccc1-n1cnc(C)c1. The van der Waals surface area contributed by atoms with Gasteiger partial charge in [-0.25, -0.2) is 19.8 Å². The number of imidazole rings is 1. The minimum atomic E-state index is -0.300. The van der Waals surface area contributed by atoms with Gasteiger partial charge in [0.2, 0.25) is 5.88 Å². The molecule has 0 amide bonds. The van der Waals surface area contributed by atoms with E-state index in [9.17, 15) is 4.39 Å². The van der Waals surface area contributed by atoms with E-state index < -0.39 is 0 Å². The number of rotatable bonds is 4. The second-order valence-corrected chi connectivity index (χ2v) is 7.39. The van der Waals surface area contributed by atoms with Crippen molar-refractivity contribution in [1.29, 1.82) is 0 Å². The summed E-state index contributed by atoms with van der Waals surface area (Å²) in [6.07, 6.45) is 5.50. The predicted molar refractivity (Wildman–Crippen MR) is 114 cm³/mol. The fourth-order valence-corrected chi connectivity index (χ4v) is 3.87. The number of aliphatic imine (C=N–C) groups is 1. The Kier molecular flexibility index (Phi) is 4.67. The number of pyridine rings is 1. The van der Waals surface area contributed by atoms with Crippen molar-refractivity contribution >= 4 is 16.7 Å². The number of benzene rings is 1. The first-order valence-electron chi connectivity index (χ1n) is 9.80. The van der Waals surface area contributed by atoms with E-state index in [1.54, 1.807) is 24.1 Å². The maximum absolute atomic E-state index is 14.3. The highest BCUT2D eigenvalue weighted by Crippen LogP contribution is 2.31. The van der Waals surface area contributed by atoms with Crippen molar-refractivity contribution in [1.82, 2.24) is 24.6 Å². The van der Waals surface area contributed by atoms with Crippen LogP contribution in [0, 0.1) is 12.7 Å². The molecule has 8 nitrogen and oxygen atoms in total. The highest BCUT2D eigenvalue weighted by Gasteiger charge is 2.24. The Bertz CT molecular complexity index is 1310. The molecule has 0 saturated carbocycles. The van der Waals surface area contributed by atoms with E-state index >= 15 is 0 Å². The van der Waals surface area contributed by atoms with Crippen LogP contribution in [0.15, 0.2) is 54.0 Å². The van der Waals surface area contributed by atoms with Gasteiger partial charge in [-0.1, -0.05) is 12.1 Å². The average Bonchev–Trinajstić information content (AvgIpc) is 3.37. The number of hydroxylamine groups is 1. The van der Waals surface area contributed by atoms with E-state index in [0.29, 0.717) is 29.5 Å². The second kappa shape index (κ2) is 7.51. The van der Waals surface area contributed by atoms with Gasteiger partial charge >= 0.3 is 0 Å². The van der Waals surface area contributed by atoms with Gasteiger partial charge in [0.25, 0.3) is 0 Å². The second-order valence-electron chi connectivity index (χ2n) is 7.39. The van der Waals surface area contributed by atoms with Crippen molar-refractivity contribution in [3.05, 3.63) is 71.8 Å². The fourth-order valence-electron chi connectivity index (χ4n) is 3.87. The summed E-state index contributed by atoms with van der Waals surface area (Å²) in [5.74, 6) is 0.659.